The second kappa shape index (κ2) is 7.66. The first-order valence-corrected chi connectivity index (χ1v) is 8.82. The molecular formula is C16H26ClNS. The maximum atomic E-state index is 5.95. The molecule has 1 aliphatic rings. The van der Waals surface area contributed by atoms with E-state index in [1.807, 2.05) is 6.07 Å². The van der Waals surface area contributed by atoms with Gasteiger partial charge in [-0.25, -0.2) is 0 Å². The van der Waals surface area contributed by atoms with Crippen LogP contribution in [0.5, 0.6) is 0 Å². The van der Waals surface area contributed by atoms with Gasteiger partial charge in [0, 0.05) is 17.5 Å². The topological polar surface area (TPSA) is 12.0 Å². The van der Waals surface area contributed by atoms with E-state index in [2.05, 4.69) is 25.2 Å². The van der Waals surface area contributed by atoms with Crippen LogP contribution in [0, 0.1) is 11.8 Å². The van der Waals surface area contributed by atoms with Gasteiger partial charge in [-0.15, -0.1) is 11.3 Å². The highest BCUT2D eigenvalue weighted by molar-refractivity contribution is 7.16. The molecule has 1 heterocycles. The molecule has 0 spiro atoms. The molecule has 2 unspecified atom stereocenters. The van der Waals surface area contributed by atoms with Crippen molar-refractivity contribution >= 4 is 22.9 Å². The van der Waals surface area contributed by atoms with Crippen molar-refractivity contribution in [1.82, 2.24) is 5.32 Å². The van der Waals surface area contributed by atoms with Crippen LogP contribution in [-0.4, -0.2) is 12.6 Å². The molecule has 1 aliphatic carbocycles. The van der Waals surface area contributed by atoms with Crippen LogP contribution >= 0.6 is 22.9 Å². The predicted molar refractivity (Wildman–Crippen MR) is 86.2 cm³/mol. The van der Waals surface area contributed by atoms with Crippen molar-refractivity contribution < 1.29 is 0 Å². The van der Waals surface area contributed by atoms with Gasteiger partial charge in [0.2, 0.25) is 0 Å². The standard InChI is InChI=1S/C16H26ClNS/c1-12(2)13-4-3-5-14(7-6-13)18-11-10-15-8-9-16(17)19-15/h8-9,12-14,18H,3-7,10-11H2,1-2H3. The third-order valence-electron chi connectivity index (χ3n) is 4.39. The Morgan fingerprint density at radius 2 is 2.11 bits per heavy atom. The molecule has 108 valence electrons. The molecule has 19 heavy (non-hydrogen) atoms. The minimum absolute atomic E-state index is 0.735. The zero-order chi connectivity index (χ0) is 13.7. The summed E-state index contributed by atoms with van der Waals surface area (Å²) in [5.74, 6) is 1.80. The molecule has 1 saturated carbocycles. The first kappa shape index (κ1) is 15.3. The Balaban J connectivity index is 1.68. The zero-order valence-corrected chi connectivity index (χ0v) is 13.7. The molecule has 0 radical (unpaired) electrons. The number of thiophene rings is 1. The summed E-state index contributed by atoms with van der Waals surface area (Å²) in [6.07, 6.45) is 8.05. The van der Waals surface area contributed by atoms with E-state index >= 15 is 0 Å². The van der Waals surface area contributed by atoms with Crippen LogP contribution in [-0.2, 0) is 6.42 Å². The van der Waals surface area contributed by atoms with Crippen LogP contribution < -0.4 is 5.32 Å². The van der Waals surface area contributed by atoms with Crippen LogP contribution in [0.15, 0.2) is 12.1 Å². The Hall–Kier alpha value is -0.0500. The van der Waals surface area contributed by atoms with E-state index in [0.717, 1.165) is 35.2 Å². The van der Waals surface area contributed by atoms with Gasteiger partial charge < -0.3 is 5.32 Å². The number of hydrogen-bond donors (Lipinski definition) is 1. The Morgan fingerprint density at radius 1 is 1.26 bits per heavy atom. The fourth-order valence-corrected chi connectivity index (χ4v) is 4.17. The maximum Gasteiger partial charge on any atom is 0.0931 e. The number of hydrogen-bond acceptors (Lipinski definition) is 2. The van der Waals surface area contributed by atoms with Crippen LogP contribution in [0.3, 0.4) is 0 Å². The monoisotopic (exact) mass is 299 g/mol. The first-order valence-electron chi connectivity index (χ1n) is 7.62. The molecular weight excluding hydrogens is 274 g/mol. The quantitative estimate of drug-likeness (QED) is 0.742. The highest BCUT2D eigenvalue weighted by Crippen LogP contribution is 2.29. The van der Waals surface area contributed by atoms with Crippen molar-refractivity contribution in [2.75, 3.05) is 6.54 Å². The first-order chi connectivity index (χ1) is 9.15. The van der Waals surface area contributed by atoms with Gasteiger partial charge in [0.25, 0.3) is 0 Å². The largest absolute Gasteiger partial charge is 0.314 e. The molecule has 0 aromatic carbocycles. The van der Waals surface area contributed by atoms with E-state index in [1.54, 1.807) is 11.3 Å². The van der Waals surface area contributed by atoms with Gasteiger partial charge in [-0.2, -0.15) is 0 Å². The maximum absolute atomic E-state index is 5.95. The number of rotatable bonds is 5. The highest BCUT2D eigenvalue weighted by atomic mass is 35.5. The third-order valence-corrected chi connectivity index (χ3v) is 5.68. The van der Waals surface area contributed by atoms with Gasteiger partial charge in [0.15, 0.2) is 0 Å². The van der Waals surface area contributed by atoms with Crippen LogP contribution in [0.2, 0.25) is 4.34 Å². The van der Waals surface area contributed by atoms with Gasteiger partial charge in [-0.3, -0.25) is 0 Å². The van der Waals surface area contributed by atoms with Gasteiger partial charge in [-0.1, -0.05) is 38.3 Å². The Morgan fingerprint density at radius 3 is 2.79 bits per heavy atom. The van der Waals surface area contributed by atoms with Gasteiger partial charge in [0.05, 0.1) is 4.34 Å². The normalized spacial score (nSPS) is 24.6. The van der Waals surface area contributed by atoms with Crippen LogP contribution in [0.1, 0.15) is 50.8 Å². The summed E-state index contributed by atoms with van der Waals surface area (Å²) < 4.78 is 0.907. The van der Waals surface area contributed by atoms with Gasteiger partial charge >= 0.3 is 0 Å². The van der Waals surface area contributed by atoms with Crippen molar-refractivity contribution in [2.24, 2.45) is 11.8 Å². The average molecular weight is 300 g/mol. The van der Waals surface area contributed by atoms with E-state index in [-0.39, 0.29) is 0 Å². The molecule has 0 amide bonds. The molecule has 1 N–H and O–H groups in total. The second-order valence-corrected chi connectivity index (χ2v) is 7.92. The number of halogens is 1. The summed E-state index contributed by atoms with van der Waals surface area (Å²) in [6, 6.07) is 4.89. The average Bonchev–Trinajstić information content (AvgIpc) is 2.64. The summed E-state index contributed by atoms with van der Waals surface area (Å²) in [4.78, 5) is 1.39. The molecule has 0 bridgehead atoms. The van der Waals surface area contributed by atoms with E-state index in [1.165, 1.54) is 37.0 Å². The molecule has 0 saturated heterocycles. The van der Waals surface area contributed by atoms with E-state index in [4.69, 9.17) is 11.6 Å². The third kappa shape index (κ3) is 5.09. The van der Waals surface area contributed by atoms with Crippen LogP contribution in [0.25, 0.3) is 0 Å². The Labute approximate surface area is 126 Å². The lowest BCUT2D eigenvalue weighted by molar-refractivity contribution is 0.338. The zero-order valence-electron chi connectivity index (χ0n) is 12.1. The van der Waals surface area contributed by atoms with Gasteiger partial charge in [0.1, 0.15) is 0 Å². The lowest BCUT2D eigenvalue weighted by Gasteiger charge is -2.19. The summed E-state index contributed by atoms with van der Waals surface area (Å²) in [5.41, 5.74) is 0. The van der Waals surface area contributed by atoms with Crippen molar-refractivity contribution in [3.63, 3.8) is 0 Å². The van der Waals surface area contributed by atoms with E-state index in [9.17, 15) is 0 Å². The highest BCUT2D eigenvalue weighted by Gasteiger charge is 2.20. The van der Waals surface area contributed by atoms with Crippen molar-refractivity contribution in [2.45, 2.75) is 58.4 Å². The van der Waals surface area contributed by atoms with Gasteiger partial charge in [-0.05, 0) is 49.7 Å². The molecule has 1 nitrogen and oxygen atoms in total. The molecule has 1 aromatic heterocycles. The molecule has 0 aliphatic heterocycles. The van der Waals surface area contributed by atoms with Crippen LogP contribution in [0.4, 0.5) is 0 Å². The minimum Gasteiger partial charge on any atom is -0.314 e. The molecule has 2 atom stereocenters. The smallest absolute Gasteiger partial charge is 0.0931 e. The summed E-state index contributed by atoms with van der Waals surface area (Å²) in [6.45, 7) is 5.84. The lowest BCUT2D eigenvalue weighted by Crippen LogP contribution is -2.30. The van der Waals surface area contributed by atoms with Crippen molar-refractivity contribution in [3.8, 4) is 0 Å². The van der Waals surface area contributed by atoms with Crippen molar-refractivity contribution in [1.29, 1.82) is 0 Å². The Bertz CT molecular complexity index is 375. The van der Waals surface area contributed by atoms with E-state index in [0.29, 0.717) is 0 Å². The SMILES string of the molecule is CC(C)C1CCCC(NCCc2ccc(Cl)s2)CC1. The second-order valence-electron chi connectivity index (χ2n) is 6.12. The summed E-state index contributed by atoms with van der Waals surface area (Å²) in [5, 5.41) is 3.74. The van der Waals surface area contributed by atoms with Crippen molar-refractivity contribution in [3.05, 3.63) is 21.3 Å². The summed E-state index contributed by atoms with van der Waals surface area (Å²) in [7, 11) is 0. The summed E-state index contributed by atoms with van der Waals surface area (Å²) >= 11 is 7.66. The molecule has 1 aromatic rings. The lowest BCUT2D eigenvalue weighted by atomic mass is 9.89. The fourth-order valence-electron chi connectivity index (χ4n) is 3.09. The number of nitrogens with one attached hydrogen (secondary N) is 1. The minimum atomic E-state index is 0.735. The Kier molecular flexibility index (Phi) is 6.18. The molecule has 3 heteroatoms. The predicted octanol–water partition coefficient (Wildman–Crippen LogP) is 5.14. The molecule has 2 rings (SSSR count). The fraction of sp³-hybridized carbons (Fsp3) is 0.750. The molecule has 1 fully saturated rings. The van der Waals surface area contributed by atoms with E-state index < -0.39 is 0 Å².